The Morgan fingerprint density at radius 3 is 2.00 bits per heavy atom. The maximum Gasteiger partial charge on any atom is 0.304 e. The van der Waals surface area contributed by atoms with Crippen LogP contribution in [0.4, 0.5) is 5.69 Å². The lowest BCUT2D eigenvalue weighted by molar-refractivity contribution is -0.120. The van der Waals surface area contributed by atoms with E-state index in [1.165, 1.54) is 26.2 Å². The first-order valence-corrected chi connectivity index (χ1v) is 12.1. The molecule has 1 N–H and O–H groups in total. The van der Waals surface area contributed by atoms with Crippen molar-refractivity contribution < 1.29 is 21.6 Å². The lowest BCUT2D eigenvalue weighted by Crippen LogP contribution is -2.46. The molecule has 0 spiro atoms. The van der Waals surface area contributed by atoms with Gasteiger partial charge in [-0.05, 0) is 36.8 Å². The van der Waals surface area contributed by atoms with Gasteiger partial charge in [0.05, 0.1) is 16.6 Å². The molecule has 0 unspecified atom stereocenters. The molecular weight excluding hydrogens is 414 g/mol. The zero-order valence-electron chi connectivity index (χ0n) is 16.7. The van der Waals surface area contributed by atoms with Crippen molar-refractivity contribution in [1.82, 2.24) is 9.62 Å². The van der Waals surface area contributed by atoms with Crippen LogP contribution in [-0.2, 0) is 24.8 Å². The monoisotopic (exact) mass is 439 g/mol. The lowest BCUT2D eigenvalue weighted by Gasteiger charge is -2.27. The molecule has 0 aliphatic carbocycles. The Morgan fingerprint density at radius 1 is 0.966 bits per heavy atom. The van der Waals surface area contributed by atoms with Gasteiger partial charge in [0.2, 0.25) is 5.91 Å². The van der Waals surface area contributed by atoms with Gasteiger partial charge >= 0.3 is 10.2 Å². The number of hydrogen-bond donors (Lipinski definition) is 1. The molecule has 0 fully saturated rings. The van der Waals surface area contributed by atoms with Crippen LogP contribution in [0.5, 0.6) is 0 Å². The van der Waals surface area contributed by atoms with Crippen LogP contribution in [0.1, 0.15) is 18.5 Å². The lowest BCUT2D eigenvalue weighted by atomic mass is 10.1. The summed E-state index contributed by atoms with van der Waals surface area (Å²) >= 11 is 0. The summed E-state index contributed by atoms with van der Waals surface area (Å²) < 4.78 is 50.5. The van der Waals surface area contributed by atoms with Crippen molar-refractivity contribution >= 4 is 31.6 Å². The smallest absolute Gasteiger partial charge is 0.304 e. The average Bonchev–Trinajstić information content (AvgIpc) is 2.66. The molecule has 0 aromatic heterocycles. The second-order valence-electron chi connectivity index (χ2n) is 6.76. The third-order valence-corrected chi connectivity index (χ3v) is 7.21. The van der Waals surface area contributed by atoms with E-state index in [2.05, 4.69) is 5.32 Å². The van der Waals surface area contributed by atoms with Crippen LogP contribution < -0.4 is 9.62 Å². The first-order chi connectivity index (χ1) is 13.4. The molecule has 2 rings (SSSR count). The van der Waals surface area contributed by atoms with E-state index in [4.69, 9.17) is 0 Å². The second kappa shape index (κ2) is 8.93. The number of amides is 1. The minimum atomic E-state index is -3.87. The summed E-state index contributed by atoms with van der Waals surface area (Å²) in [7, 11) is -4.38. The first-order valence-electron chi connectivity index (χ1n) is 8.77. The number of nitrogens with zero attached hydrogens (tertiary/aromatic N) is 2. The Morgan fingerprint density at radius 2 is 1.52 bits per heavy atom. The predicted octanol–water partition coefficient (Wildman–Crippen LogP) is 1.58. The number of para-hydroxylation sites is 1. The Balaban J connectivity index is 2.18. The molecule has 0 heterocycles. The fourth-order valence-electron chi connectivity index (χ4n) is 2.60. The number of sulfone groups is 1. The maximum absolute atomic E-state index is 12.7. The third kappa shape index (κ3) is 5.78. The van der Waals surface area contributed by atoms with Gasteiger partial charge in [-0.3, -0.25) is 4.79 Å². The summed E-state index contributed by atoms with van der Waals surface area (Å²) in [5.41, 5.74) is 1.08. The van der Waals surface area contributed by atoms with Gasteiger partial charge in [0.15, 0.2) is 9.84 Å². The van der Waals surface area contributed by atoms with Crippen molar-refractivity contribution in [3.8, 4) is 0 Å². The Bertz CT molecular complexity index is 1050. The van der Waals surface area contributed by atoms with Crippen LogP contribution in [-0.4, -0.2) is 53.9 Å². The number of hydrogen-bond acceptors (Lipinski definition) is 5. The predicted molar refractivity (Wildman–Crippen MR) is 113 cm³/mol. The minimum absolute atomic E-state index is 0.187. The van der Waals surface area contributed by atoms with Crippen molar-refractivity contribution in [1.29, 1.82) is 0 Å². The summed E-state index contributed by atoms with van der Waals surface area (Å²) in [5, 5.41) is 2.75. The van der Waals surface area contributed by atoms with Crippen LogP contribution >= 0.6 is 0 Å². The van der Waals surface area contributed by atoms with Gasteiger partial charge < -0.3 is 5.32 Å². The molecule has 0 aliphatic heterocycles. The van der Waals surface area contributed by atoms with Crippen LogP contribution in [0.3, 0.4) is 0 Å². The molecule has 1 atom stereocenters. The third-order valence-electron chi connectivity index (χ3n) is 4.26. The molecule has 158 valence electrons. The molecule has 2 aromatic carbocycles. The van der Waals surface area contributed by atoms with E-state index in [0.717, 1.165) is 14.9 Å². The topological polar surface area (TPSA) is 104 Å². The van der Waals surface area contributed by atoms with Gasteiger partial charge in [0, 0.05) is 20.4 Å². The van der Waals surface area contributed by atoms with Gasteiger partial charge in [0.25, 0.3) is 0 Å². The summed E-state index contributed by atoms with van der Waals surface area (Å²) in [5.74, 6) is -0.487. The summed E-state index contributed by atoms with van der Waals surface area (Å²) in [6.45, 7) is 1.34. The standard InChI is InChI=1S/C19H25N3O5S2/c1-15(16-10-12-18(13-11-16)28(4,24)25)20-19(23)14-22(29(26,27)21(2)3)17-8-6-5-7-9-17/h5-13,15H,14H2,1-4H3,(H,20,23)/t15-/m0/s1. The molecule has 0 radical (unpaired) electrons. The first kappa shape index (κ1) is 22.9. The van der Waals surface area contributed by atoms with Gasteiger partial charge in [-0.1, -0.05) is 30.3 Å². The van der Waals surface area contributed by atoms with E-state index in [-0.39, 0.29) is 4.90 Å². The molecule has 1 amide bonds. The SMILES string of the molecule is C[C@H](NC(=O)CN(c1ccccc1)S(=O)(=O)N(C)C)c1ccc(S(C)(=O)=O)cc1. The Labute approximate surface area is 172 Å². The fourth-order valence-corrected chi connectivity index (χ4v) is 4.30. The van der Waals surface area contributed by atoms with Crippen LogP contribution in [0.15, 0.2) is 59.5 Å². The number of rotatable bonds is 8. The number of carbonyl (C=O) groups excluding carboxylic acids is 1. The zero-order chi connectivity index (χ0) is 21.8. The normalized spacial score (nSPS) is 13.1. The Hall–Kier alpha value is -2.43. The Kier molecular flexibility index (Phi) is 7.04. The molecule has 10 heteroatoms. The average molecular weight is 440 g/mol. The number of carbonyl (C=O) groups is 1. The van der Waals surface area contributed by atoms with Crippen LogP contribution in [0.25, 0.3) is 0 Å². The van der Waals surface area contributed by atoms with Gasteiger partial charge in [-0.15, -0.1) is 0 Å². The fraction of sp³-hybridized carbons (Fsp3) is 0.316. The largest absolute Gasteiger partial charge is 0.348 e. The highest BCUT2D eigenvalue weighted by Crippen LogP contribution is 2.20. The summed E-state index contributed by atoms with van der Waals surface area (Å²) in [6, 6.07) is 14.1. The highest BCUT2D eigenvalue weighted by Gasteiger charge is 2.27. The van der Waals surface area contributed by atoms with Gasteiger partial charge in [-0.25, -0.2) is 12.7 Å². The minimum Gasteiger partial charge on any atom is -0.348 e. The van der Waals surface area contributed by atoms with Crippen molar-refractivity contribution in [2.24, 2.45) is 0 Å². The second-order valence-corrected chi connectivity index (χ2v) is 10.8. The quantitative estimate of drug-likeness (QED) is 0.673. The highest BCUT2D eigenvalue weighted by atomic mass is 32.2. The van der Waals surface area contributed by atoms with Crippen LogP contribution in [0, 0.1) is 0 Å². The summed E-state index contributed by atoms with van der Waals surface area (Å²) in [4.78, 5) is 12.8. The van der Waals surface area contributed by atoms with Crippen molar-refractivity contribution in [2.75, 3.05) is 31.2 Å². The number of nitrogens with one attached hydrogen (secondary N) is 1. The number of anilines is 1. The van der Waals surface area contributed by atoms with Gasteiger partial charge in [0.1, 0.15) is 6.54 Å². The molecular formula is C19H25N3O5S2. The highest BCUT2D eigenvalue weighted by molar-refractivity contribution is 7.90. The molecule has 2 aromatic rings. The number of benzene rings is 2. The van der Waals surface area contributed by atoms with E-state index in [9.17, 15) is 21.6 Å². The molecule has 8 nitrogen and oxygen atoms in total. The molecule has 0 aliphatic rings. The van der Waals surface area contributed by atoms with Crippen molar-refractivity contribution in [3.63, 3.8) is 0 Å². The van der Waals surface area contributed by atoms with Crippen LogP contribution in [0.2, 0.25) is 0 Å². The summed E-state index contributed by atoms with van der Waals surface area (Å²) in [6.07, 6.45) is 1.12. The van der Waals surface area contributed by atoms with E-state index >= 15 is 0 Å². The van der Waals surface area contributed by atoms with Crippen molar-refractivity contribution in [2.45, 2.75) is 17.9 Å². The van der Waals surface area contributed by atoms with Gasteiger partial charge in [-0.2, -0.15) is 12.7 Å². The van der Waals surface area contributed by atoms with E-state index in [1.54, 1.807) is 49.4 Å². The molecule has 0 bridgehead atoms. The molecule has 0 saturated carbocycles. The molecule has 29 heavy (non-hydrogen) atoms. The van der Waals surface area contributed by atoms with E-state index in [0.29, 0.717) is 11.3 Å². The molecule has 0 saturated heterocycles. The van der Waals surface area contributed by atoms with Crippen molar-refractivity contribution in [3.05, 3.63) is 60.2 Å². The zero-order valence-corrected chi connectivity index (χ0v) is 18.4. The van der Waals surface area contributed by atoms with E-state index < -0.39 is 38.5 Å². The van der Waals surface area contributed by atoms with E-state index in [1.807, 2.05) is 0 Å². The maximum atomic E-state index is 12.7.